The number of hydrogen-bond donors (Lipinski definition) is 2. The number of esters is 1. The van der Waals surface area contributed by atoms with Crippen LogP contribution in [-0.4, -0.2) is 29.5 Å². The predicted octanol–water partition coefficient (Wildman–Crippen LogP) is 1.61. The van der Waals surface area contributed by atoms with E-state index in [9.17, 15) is 18.8 Å². The van der Waals surface area contributed by atoms with Gasteiger partial charge in [0.25, 0.3) is 5.91 Å². The second kappa shape index (κ2) is 6.97. The number of thiazole rings is 1. The fourth-order valence-electron chi connectivity index (χ4n) is 1.67. The summed E-state index contributed by atoms with van der Waals surface area (Å²) in [6, 6.07) is 4.64. The summed E-state index contributed by atoms with van der Waals surface area (Å²) >= 11 is 1.06. The maximum atomic E-state index is 12.9. The molecule has 7 nitrogen and oxygen atoms in total. The quantitative estimate of drug-likeness (QED) is 0.823. The Morgan fingerprint density at radius 1 is 1.30 bits per heavy atom. The van der Waals surface area contributed by atoms with E-state index in [4.69, 9.17) is 10.5 Å². The summed E-state index contributed by atoms with van der Waals surface area (Å²) in [5.74, 6) is -1.94. The third kappa shape index (κ3) is 4.33. The van der Waals surface area contributed by atoms with Crippen molar-refractivity contribution in [3.8, 4) is 10.6 Å². The van der Waals surface area contributed by atoms with E-state index >= 15 is 0 Å². The molecule has 0 radical (unpaired) electrons. The number of carbonyl (C=O) groups excluding carboxylic acids is 3. The second-order valence-corrected chi connectivity index (χ2v) is 5.43. The lowest BCUT2D eigenvalue weighted by molar-refractivity contribution is -0.123. The minimum atomic E-state index is -1.03. The average molecular weight is 337 g/mol. The van der Waals surface area contributed by atoms with Crippen LogP contribution in [0.5, 0.6) is 0 Å². The zero-order chi connectivity index (χ0) is 17.0. The van der Waals surface area contributed by atoms with Gasteiger partial charge in [-0.05, 0) is 31.2 Å². The number of amides is 3. The SMILES string of the molecule is Cc1nc(-c2ccc(F)cc2)sc1C(=O)OCC(=O)NC(N)=O. The van der Waals surface area contributed by atoms with Crippen LogP contribution in [-0.2, 0) is 9.53 Å². The lowest BCUT2D eigenvalue weighted by atomic mass is 10.2. The first-order chi connectivity index (χ1) is 10.9. The zero-order valence-corrected chi connectivity index (χ0v) is 12.8. The Kier molecular flexibility index (Phi) is 5.02. The molecule has 1 aromatic heterocycles. The first-order valence-electron chi connectivity index (χ1n) is 6.36. The molecular formula is C14H12FN3O4S. The number of nitrogens with zero attached hydrogens (tertiary/aromatic N) is 1. The fourth-order valence-corrected chi connectivity index (χ4v) is 2.64. The van der Waals surface area contributed by atoms with Crippen molar-refractivity contribution in [3.63, 3.8) is 0 Å². The second-order valence-electron chi connectivity index (χ2n) is 4.43. The van der Waals surface area contributed by atoms with E-state index in [2.05, 4.69) is 4.98 Å². The van der Waals surface area contributed by atoms with Gasteiger partial charge in [0, 0.05) is 5.56 Å². The van der Waals surface area contributed by atoms with E-state index in [-0.39, 0.29) is 10.7 Å². The summed E-state index contributed by atoms with van der Waals surface area (Å²) in [5.41, 5.74) is 5.85. The van der Waals surface area contributed by atoms with Crippen LogP contribution >= 0.6 is 11.3 Å². The molecule has 2 aromatic rings. The van der Waals surface area contributed by atoms with Crippen LogP contribution in [0.2, 0.25) is 0 Å². The third-order valence-electron chi connectivity index (χ3n) is 2.67. The fraction of sp³-hybridized carbons (Fsp3) is 0.143. The minimum absolute atomic E-state index is 0.219. The molecular weight excluding hydrogens is 325 g/mol. The highest BCUT2D eigenvalue weighted by Crippen LogP contribution is 2.28. The van der Waals surface area contributed by atoms with Gasteiger partial charge in [-0.15, -0.1) is 11.3 Å². The standard InChI is InChI=1S/C14H12FN3O4S/c1-7-11(13(20)22-6-10(19)18-14(16)21)23-12(17-7)8-2-4-9(15)5-3-8/h2-5H,6H2,1H3,(H3,16,18,19,21). The molecule has 0 saturated heterocycles. The monoisotopic (exact) mass is 337 g/mol. The van der Waals surface area contributed by atoms with Crippen LogP contribution in [0.1, 0.15) is 15.4 Å². The van der Waals surface area contributed by atoms with Crippen molar-refractivity contribution in [2.45, 2.75) is 6.92 Å². The van der Waals surface area contributed by atoms with Crippen molar-refractivity contribution in [3.05, 3.63) is 40.7 Å². The lowest BCUT2D eigenvalue weighted by Gasteiger charge is -2.02. The number of rotatable bonds is 4. The van der Waals surface area contributed by atoms with Gasteiger partial charge in [-0.2, -0.15) is 0 Å². The first-order valence-corrected chi connectivity index (χ1v) is 7.18. The average Bonchev–Trinajstić information content (AvgIpc) is 2.87. The number of primary amides is 1. The largest absolute Gasteiger partial charge is 0.451 e. The molecule has 0 aliphatic rings. The Morgan fingerprint density at radius 3 is 2.57 bits per heavy atom. The number of aromatic nitrogens is 1. The van der Waals surface area contributed by atoms with Gasteiger partial charge in [0.1, 0.15) is 15.7 Å². The molecule has 2 rings (SSSR count). The van der Waals surface area contributed by atoms with Gasteiger partial charge < -0.3 is 10.5 Å². The first kappa shape index (κ1) is 16.6. The molecule has 1 heterocycles. The van der Waals surface area contributed by atoms with E-state index in [1.807, 2.05) is 0 Å². The van der Waals surface area contributed by atoms with Crippen LogP contribution in [0.3, 0.4) is 0 Å². The molecule has 23 heavy (non-hydrogen) atoms. The van der Waals surface area contributed by atoms with E-state index in [1.165, 1.54) is 12.1 Å². The third-order valence-corrected chi connectivity index (χ3v) is 3.86. The zero-order valence-electron chi connectivity index (χ0n) is 12.0. The van der Waals surface area contributed by atoms with E-state index < -0.39 is 24.5 Å². The lowest BCUT2D eigenvalue weighted by Crippen LogP contribution is -2.37. The van der Waals surface area contributed by atoms with Gasteiger partial charge in [-0.1, -0.05) is 0 Å². The number of nitrogens with one attached hydrogen (secondary N) is 1. The van der Waals surface area contributed by atoms with Crippen LogP contribution in [0, 0.1) is 12.7 Å². The number of imide groups is 1. The van der Waals surface area contributed by atoms with Crippen molar-refractivity contribution in [1.29, 1.82) is 0 Å². The smallest absolute Gasteiger partial charge is 0.350 e. The highest BCUT2D eigenvalue weighted by Gasteiger charge is 2.19. The molecule has 0 spiro atoms. The number of ether oxygens (including phenoxy) is 1. The summed E-state index contributed by atoms with van der Waals surface area (Å²) in [6.07, 6.45) is 0. The van der Waals surface area contributed by atoms with Gasteiger partial charge in [0.2, 0.25) is 0 Å². The molecule has 1 aromatic carbocycles. The molecule has 0 aliphatic heterocycles. The van der Waals surface area contributed by atoms with Crippen molar-refractivity contribution in [1.82, 2.24) is 10.3 Å². The maximum Gasteiger partial charge on any atom is 0.350 e. The molecule has 9 heteroatoms. The Labute approximate surface area is 134 Å². The number of carbonyl (C=O) groups is 3. The Bertz CT molecular complexity index is 758. The number of hydrogen-bond acceptors (Lipinski definition) is 6. The van der Waals surface area contributed by atoms with E-state index in [0.29, 0.717) is 16.3 Å². The topological polar surface area (TPSA) is 111 Å². The number of aryl methyl sites for hydroxylation is 1. The van der Waals surface area contributed by atoms with Gasteiger partial charge in [0.05, 0.1) is 5.69 Å². The van der Waals surface area contributed by atoms with Crippen molar-refractivity contribution >= 4 is 29.2 Å². The van der Waals surface area contributed by atoms with Crippen LogP contribution in [0.15, 0.2) is 24.3 Å². The van der Waals surface area contributed by atoms with Crippen LogP contribution < -0.4 is 11.1 Å². The molecule has 3 amide bonds. The van der Waals surface area contributed by atoms with Gasteiger partial charge in [-0.3, -0.25) is 10.1 Å². The van der Waals surface area contributed by atoms with Crippen molar-refractivity contribution in [2.24, 2.45) is 5.73 Å². The molecule has 3 N–H and O–H groups in total. The molecule has 0 atom stereocenters. The molecule has 0 bridgehead atoms. The number of halogens is 1. The summed E-state index contributed by atoms with van der Waals surface area (Å²) in [5, 5.41) is 2.30. The van der Waals surface area contributed by atoms with E-state index in [1.54, 1.807) is 24.4 Å². The highest BCUT2D eigenvalue weighted by atomic mass is 32.1. The number of urea groups is 1. The maximum absolute atomic E-state index is 12.9. The van der Waals surface area contributed by atoms with Crippen molar-refractivity contribution in [2.75, 3.05) is 6.61 Å². The number of nitrogens with two attached hydrogens (primary N) is 1. The number of benzene rings is 1. The summed E-state index contributed by atoms with van der Waals surface area (Å²) in [4.78, 5) is 38.1. The van der Waals surface area contributed by atoms with Crippen molar-refractivity contribution < 1.29 is 23.5 Å². The normalized spacial score (nSPS) is 10.2. The molecule has 0 unspecified atom stereocenters. The molecule has 0 saturated carbocycles. The minimum Gasteiger partial charge on any atom is -0.451 e. The van der Waals surface area contributed by atoms with Crippen LogP contribution in [0.25, 0.3) is 10.6 Å². The summed E-state index contributed by atoms with van der Waals surface area (Å²) < 4.78 is 17.7. The van der Waals surface area contributed by atoms with E-state index in [0.717, 1.165) is 11.3 Å². The van der Waals surface area contributed by atoms with Crippen LogP contribution in [0.4, 0.5) is 9.18 Å². The molecule has 0 fully saturated rings. The molecule has 0 aliphatic carbocycles. The Hall–Kier alpha value is -2.81. The summed E-state index contributed by atoms with van der Waals surface area (Å²) in [6.45, 7) is 0.981. The summed E-state index contributed by atoms with van der Waals surface area (Å²) in [7, 11) is 0. The van der Waals surface area contributed by atoms with Gasteiger partial charge >= 0.3 is 12.0 Å². The Morgan fingerprint density at radius 2 is 1.96 bits per heavy atom. The van der Waals surface area contributed by atoms with Gasteiger partial charge in [0.15, 0.2) is 6.61 Å². The Balaban J connectivity index is 2.08. The van der Waals surface area contributed by atoms with Gasteiger partial charge in [-0.25, -0.2) is 19.0 Å². The highest BCUT2D eigenvalue weighted by molar-refractivity contribution is 7.17. The predicted molar refractivity (Wildman–Crippen MR) is 80.3 cm³/mol. The molecule has 120 valence electrons.